The first kappa shape index (κ1) is 11.9. The summed E-state index contributed by atoms with van der Waals surface area (Å²) < 4.78 is 0.938. The summed E-state index contributed by atoms with van der Waals surface area (Å²) in [5, 5.41) is 9.07. The van der Waals surface area contributed by atoms with Gasteiger partial charge in [-0.1, -0.05) is 15.9 Å². The first-order valence-electron chi connectivity index (χ1n) is 5.49. The molecule has 0 radical (unpaired) electrons. The van der Waals surface area contributed by atoms with Crippen molar-refractivity contribution in [3.63, 3.8) is 0 Å². The van der Waals surface area contributed by atoms with Gasteiger partial charge in [-0.05, 0) is 24.6 Å². The number of hydrogen-bond acceptors (Lipinski definition) is 3. The monoisotopic (exact) mass is 320 g/mol. The van der Waals surface area contributed by atoms with Gasteiger partial charge in [-0.3, -0.25) is 0 Å². The number of carboxylic acid groups (broad SMARTS) is 1. The van der Waals surface area contributed by atoms with Crippen molar-refractivity contribution in [3.8, 4) is 11.5 Å². The number of aromatic carboxylic acids is 1. The first-order valence-corrected chi connectivity index (χ1v) is 6.28. The maximum Gasteiger partial charge on any atom is 0.354 e. The van der Waals surface area contributed by atoms with E-state index in [1.54, 1.807) is 0 Å². The summed E-state index contributed by atoms with van der Waals surface area (Å²) >= 11 is 3.42. The Labute approximate surface area is 116 Å². The van der Waals surface area contributed by atoms with Gasteiger partial charge in [0, 0.05) is 4.47 Å². The maximum absolute atomic E-state index is 11.1. The van der Waals surface area contributed by atoms with Crippen LogP contribution in [0.3, 0.4) is 0 Å². The Morgan fingerprint density at radius 2 is 2.21 bits per heavy atom. The number of aromatic amines is 2. The molecular weight excluding hydrogens is 312 g/mol. The van der Waals surface area contributed by atoms with Crippen molar-refractivity contribution in [1.82, 2.24) is 19.9 Å². The minimum absolute atomic E-state index is 0.0239. The number of aromatic nitrogens is 4. The van der Waals surface area contributed by atoms with Crippen LogP contribution in [0, 0.1) is 6.92 Å². The molecule has 0 fully saturated rings. The maximum atomic E-state index is 11.1. The molecule has 0 amide bonds. The van der Waals surface area contributed by atoms with Crippen molar-refractivity contribution >= 4 is 32.9 Å². The zero-order valence-corrected chi connectivity index (χ0v) is 11.4. The molecule has 0 bridgehead atoms. The molecule has 7 heteroatoms. The third kappa shape index (κ3) is 1.91. The van der Waals surface area contributed by atoms with Crippen LogP contribution in [0.1, 0.15) is 16.1 Å². The fourth-order valence-corrected chi connectivity index (χ4v) is 2.57. The van der Waals surface area contributed by atoms with Crippen molar-refractivity contribution in [2.45, 2.75) is 6.92 Å². The van der Waals surface area contributed by atoms with Crippen LogP contribution in [0.2, 0.25) is 0 Å². The van der Waals surface area contributed by atoms with Crippen LogP contribution < -0.4 is 0 Å². The molecule has 2 heterocycles. The van der Waals surface area contributed by atoms with Gasteiger partial charge >= 0.3 is 5.97 Å². The molecule has 96 valence electrons. The van der Waals surface area contributed by atoms with Crippen molar-refractivity contribution in [3.05, 3.63) is 34.2 Å². The SMILES string of the molecule is Cc1cc(Br)cc2[nH]c(-c3nc[nH]c3C(=O)O)nc12. The minimum Gasteiger partial charge on any atom is -0.477 e. The second-order valence-corrected chi connectivity index (χ2v) is 5.05. The Morgan fingerprint density at radius 3 is 2.95 bits per heavy atom. The third-order valence-corrected chi connectivity index (χ3v) is 3.28. The van der Waals surface area contributed by atoms with E-state index in [-0.39, 0.29) is 5.69 Å². The summed E-state index contributed by atoms with van der Waals surface area (Å²) in [7, 11) is 0. The highest BCUT2D eigenvalue weighted by Crippen LogP contribution is 2.26. The quantitative estimate of drug-likeness (QED) is 0.676. The van der Waals surface area contributed by atoms with E-state index in [2.05, 4.69) is 35.9 Å². The summed E-state index contributed by atoms with van der Waals surface area (Å²) in [6.07, 6.45) is 1.34. The number of carbonyl (C=O) groups is 1. The van der Waals surface area contributed by atoms with E-state index in [4.69, 9.17) is 5.11 Å². The molecule has 3 rings (SSSR count). The number of nitrogens with zero attached hydrogens (tertiary/aromatic N) is 2. The van der Waals surface area contributed by atoms with E-state index in [0.717, 1.165) is 21.1 Å². The Morgan fingerprint density at radius 1 is 1.42 bits per heavy atom. The molecule has 0 aliphatic rings. The second kappa shape index (κ2) is 4.20. The molecule has 0 atom stereocenters. The smallest absolute Gasteiger partial charge is 0.354 e. The lowest BCUT2D eigenvalue weighted by Crippen LogP contribution is -1.99. The summed E-state index contributed by atoms with van der Waals surface area (Å²) in [6.45, 7) is 1.94. The number of H-pyrrole nitrogens is 2. The third-order valence-electron chi connectivity index (χ3n) is 2.82. The highest BCUT2D eigenvalue weighted by atomic mass is 79.9. The number of fused-ring (bicyclic) bond motifs is 1. The highest BCUT2D eigenvalue weighted by Gasteiger charge is 2.18. The highest BCUT2D eigenvalue weighted by molar-refractivity contribution is 9.10. The summed E-state index contributed by atoms with van der Waals surface area (Å²) in [6, 6.07) is 3.85. The molecular formula is C12H9BrN4O2. The lowest BCUT2D eigenvalue weighted by atomic mass is 10.2. The van der Waals surface area contributed by atoms with Crippen LogP contribution >= 0.6 is 15.9 Å². The molecule has 6 nitrogen and oxygen atoms in total. The number of nitrogens with one attached hydrogen (secondary N) is 2. The van der Waals surface area contributed by atoms with Gasteiger partial charge in [0.1, 0.15) is 5.69 Å². The number of carboxylic acids is 1. The Bertz CT molecular complexity index is 790. The molecule has 2 aromatic heterocycles. The van der Waals surface area contributed by atoms with Gasteiger partial charge in [0.25, 0.3) is 0 Å². The second-order valence-electron chi connectivity index (χ2n) is 4.14. The summed E-state index contributed by atoms with van der Waals surface area (Å²) in [5.41, 5.74) is 2.97. The van der Waals surface area contributed by atoms with Crippen LogP contribution in [0.25, 0.3) is 22.6 Å². The van der Waals surface area contributed by atoms with Gasteiger partial charge in [-0.2, -0.15) is 0 Å². The first-order chi connectivity index (χ1) is 9.06. The van der Waals surface area contributed by atoms with E-state index in [1.165, 1.54) is 6.33 Å². The van der Waals surface area contributed by atoms with E-state index in [1.807, 2.05) is 19.1 Å². The fraction of sp³-hybridized carbons (Fsp3) is 0.0833. The zero-order chi connectivity index (χ0) is 13.6. The zero-order valence-electron chi connectivity index (χ0n) is 9.86. The molecule has 1 aromatic carbocycles. The minimum atomic E-state index is -1.06. The summed E-state index contributed by atoms with van der Waals surface area (Å²) in [5.74, 6) is -0.624. The van der Waals surface area contributed by atoms with E-state index < -0.39 is 5.97 Å². The molecule has 3 N–H and O–H groups in total. The van der Waals surface area contributed by atoms with E-state index in [0.29, 0.717) is 11.5 Å². The number of benzene rings is 1. The number of rotatable bonds is 2. The van der Waals surface area contributed by atoms with Crippen LogP contribution in [0.5, 0.6) is 0 Å². The molecule has 0 spiro atoms. The number of hydrogen-bond donors (Lipinski definition) is 3. The van der Waals surface area contributed by atoms with Gasteiger partial charge in [-0.15, -0.1) is 0 Å². The molecule has 0 saturated heterocycles. The molecule has 0 saturated carbocycles. The summed E-state index contributed by atoms with van der Waals surface area (Å²) in [4.78, 5) is 25.2. The van der Waals surface area contributed by atoms with Crippen molar-refractivity contribution < 1.29 is 9.90 Å². The Kier molecular flexibility index (Phi) is 2.63. The van der Waals surface area contributed by atoms with Gasteiger partial charge in [0.15, 0.2) is 11.5 Å². The van der Waals surface area contributed by atoms with Crippen molar-refractivity contribution in [1.29, 1.82) is 0 Å². The van der Waals surface area contributed by atoms with Gasteiger partial charge in [-0.25, -0.2) is 14.8 Å². The fourth-order valence-electron chi connectivity index (χ4n) is 2.00. The Balaban J connectivity index is 2.24. The lowest BCUT2D eigenvalue weighted by Gasteiger charge is -1.94. The normalized spacial score (nSPS) is 11.1. The number of aryl methyl sites for hydroxylation is 1. The van der Waals surface area contributed by atoms with Crippen LogP contribution in [0.4, 0.5) is 0 Å². The van der Waals surface area contributed by atoms with Crippen molar-refractivity contribution in [2.75, 3.05) is 0 Å². The largest absolute Gasteiger partial charge is 0.477 e. The Hall–Kier alpha value is -2.15. The lowest BCUT2D eigenvalue weighted by molar-refractivity contribution is 0.0692. The van der Waals surface area contributed by atoms with Gasteiger partial charge in [0.05, 0.1) is 17.4 Å². The number of imidazole rings is 2. The predicted octanol–water partition coefficient (Wildman–Crippen LogP) is 2.72. The average molecular weight is 321 g/mol. The van der Waals surface area contributed by atoms with Crippen LogP contribution in [0.15, 0.2) is 22.9 Å². The van der Waals surface area contributed by atoms with E-state index >= 15 is 0 Å². The standard InChI is InChI=1S/C12H9BrN4O2/c1-5-2-6(13)3-7-8(5)17-11(16-7)9-10(12(18)19)15-4-14-9/h2-4H,1H3,(H,14,15)(H,16,17)(H,18,19). The topological polar surface area (TPSA) is 94.7 Å². The van der Waals surface area contributed by atoms with Gasteiger partial charge < -0.3 is 15.1 Å². The predicted molar refractivity (Wildman–Crippen MR) is 73.1 cm³/mol. The molecule has 0 aliphatic heterocycles. The molecule has 19 heavy (non-hydrogen) atoms. The average Bonchev–Trinajstić information content (AvgIpc) is 2.92. The van der Waals surface area contributed by atoms with Gasteiger partial charge in [0.2, 0.25) is 0 Å². The molecule has 0 aliphatic carbocycles. The van der Waals surface area contributed by atoms with Crippen molar-refractivity contribution in [2.24, 2.45) is 0 Å². The van der Waals surface area contributed by atoms with E-state index in [9.17, 15) is 4.79 Å². The van der Waals surface area contributed by atoms with Crippen LogP contribution in [-0.4, -0.2) is 31.0 Å². The van der Waals surface area contributed by atoms with Crippen LogP contribution in [-0.2, 0) is 0 Å². The molecule has 3 aromatic rings. The molecule has 0 unspecified atom stereocenters. The number of halogens is 1.